The van der Waals surface area contributed by atoms with Crippen LogP contribution >= 0.6 is 0 Å². The SMILES string of the molecule is COc1cc(F)ccc1Oc1cc(C(F)(F)F)cc(C(F)(F)F)c1C(=O)Nc1cccc(S(N)(=O)=O)c1. The molecule has 0 spiro atoms. The first-order valence-corrected chi connectivity index (χ1v) is 11.3. The Morgan fingerprint density at radius 2 is 1.57 bits per heavy atom. The van der Waals surface area contributed by atoms with E-state index in [-0.39, 0.29) is 17.8 Å². The van der Waals surface area contributed by atoms with Crippen molar-refractivity contribution in [1.29, 1.82) is 0 Å². The average molecular weight is 552 g/mol. The average Bonchev–Trinajstić information content (AvgIpc) is 2.78. The van der Waals surface area contributed by atoms with Crippen molar-refractivity contribution in [3.63, 3.8) is 0 Å². The lowest BCUT2D eigenvalue weighted by Gasteiger charge is -2.20. The molecule has 198 valence electrons. The van der Waals surface area contributed by atoms with Crippen LogP contribution in [0, 0.1) is 5.82 Å². The number of hydrogen-bond donors (Lipinski definition) is 2. The van der Waals surface area contributed by atoms with Crippen molar-refractivity contribution in [3.8, 4) is 17.2 Å². The van der Waals surface area contributed by atoms with Crippen molar-refractivity contribution < 1.29 is 53.4 Å². The molecule has 0 aliphatic carbocycles. The summed E-state index contributed by atoms with van der Waals surface area (Å²) < 4.78 is 129. The van der Waals surface area contributed by atoms with E-state index in [4.69, 9.17) is 14.6 Å². The van der Waals surface area contributed by atoms with Crippen molar-refractivity contribution in [1.82, 2.24) is 0 Å². The molecule has 3 aromatic rings. The molecule has 0 heterocycles. The first-order valence-electron chi connectivity index (χ1n) is 9.78. The van der Waals surface area contributed by atoms with Crippen LogP contribution in [0.3, 0.4) is 0 Å². The molecule has 3 aromatic carbocycles. The highest BCUT2D eigenvalue weighted by atomic mass is 32.2. The zero-order valence-electron chi connectivity index (χ0n) is 18.4. The molecule has 0 atom stereocenters. The fourth-order valence-corrected chi connectivity index (χ4v) is 3.67. The molecule has 7 nitrogen and oxygen atoms in total. The number of carbonyl (C=O) groups excluding carboxylic acids is 1. The highest BCUT2D eigenvalue weighted by Crippen LogP contribution is 2.44. The van der Waals surface area contributed by atoms with Gasteiger partial charge in [-0.15, -0.1) is 0 Å². The smallest absolute Gasteiger partial charge is 0.417 e. The minimum Gasteiger partial charge on any atom is -0.493 e. The topological polar surface area (TPSA) is 108 Å². The first kappa shape index (κ1) is 27.7. The fourth-order valence-electron chi connectivity index (χ4n) is 3.11. The summed E-state index contributed by atoms with van der Waals surface area (Å²) in [5.41, 5.74) is -5.50. The summed E-state index contributed by atoms with van der Waals surface area (Å²) in [7, 11) is -3.22. The van der Waals surface area contributed by atoms with Gasteiger partial charge in [0.1, 0.15) is 11.6 Å². The van der Waals surface area contributed by atoms with E-state index >= 15 is 0 Å². The van der Waals surface area contributed by atoms with E-state index in [9.17, 15) is 43.9 Å². The standard InChI is InChI=1S/C22H15F7N2O5S/c1-35-17-9-12(23)5-6-16(17)36-18-8-11(21(24,25)26)7-15(22(27,28)29)19(18)20(32)31-13-3-2-4-14(10-13)37(30,33)34/h2-10H,1H3,(H,31,32)(H2,30,33,34). The molecule has 0 aliphatic rings. The van der Waals surface area contributed by atoms with Crippen molar-refractivity contribution in [3.05, 3.63) is 77.1 Å². The highest BCUT2D eigenvalue weighted by Gasteiger charge is 2.42. The number of anilines is 1. The number of alkyl halides is 6. The third-order valence-electron chi connectivity index (χ3n) is 4.73. The summed E-state index contributed by atoms with van der Waals surface area (Å²) in [6.45, 7) is 0. The molecule has 0 unspecified atom stereocenters. The largest absolute Gasteiger partial charge is 0.493 e. The second kappa shape index (κ2) is 9.89. The lowest BCUT2D eigenvalue weighted by atomic mass is 10.0. The van der Waals surface area contributed by atoms with Gasteiger partial charge in [0, 0.05) is 11.8 Å². The van der Waals surface area contributed by atoms with Gasteiger partial charge >= 0.3 is 12.4 Å². The molecule has 0 radical (unpaired) electrons. The predicted molar refractivity (Wildman–Crippen MR) is 115 cm³/mol. The monoisotopic (exact) mass is 552 g/mol. The van der Waals surface area contributed by atoms with Crippen LogP contribution in [-0.4, -0.2) is 21.4 Å². The van der Waals surface area contributed by atoms with Gasteiger partial charge in [-0.1, -0.05) is 6.07 Å². The Kier molecular flexibility index (Phi) is 7.42. The Balaban J connectivity index is 2.23. The number of amides is 1. The van der Waals surface area contributed by atoms with E-state index in [0.29, 0.717) is 0 Å². The summed E-state index contributed by atoms with van der Waals surface area (Å²) in [5.74, 6) is -4.52. The molecule has 0 aromatic heterocycles. The molecule has 3 rings (SSSR count). The summed E-state index contributed by atoms with van der Waals surface area (Å²) in [5, 5.41) is 6.99. The fraction of sp³-hybridized carbons (Fsp3) is 0.136. The van der Waals surface area contributed by atoms with E-state index < -0.39 is 72.9 Å². The maximum absolute atomic E-state index is 13.9. The Labute approximate surface area is 204 Å². The van der Waals surface area contributed by atoms with E-state index in [1.807, 2.05) is 5.32 Å². The number of carbonyl (C=O) groups is 1. The Morgan fingerprint density at radius 3 is 2.14 bits per heavy atom. The molecule has 1 amide bonds. The zero-order valence-corrected chi connectivity index (χ0v) is 19.2. The van der Waals surface area contributed by atoms with Crippen LogP contribution in [-0.2, 0) is 22.4 Å². The Hall–Kier alpha value is -3.85. The van der Waals surface area contributed by atoms with Crippen LogP contribution in [0.1, 0.15) is 21.5 Å². The summed E-state index contributed by atoms with van der Waals surface area (Å²) in [6, 6.07) is 6.41. The summed E-state index contributed by atoms with van der Waals surface area (Å²) in [4.78, 5) is 12.5. The van der Waals surface area contributed by atoms with Crippen LogP contribution in [0.5, 0.6) is 17.2 Å². The first-order chi connectivity index (χ1) is 17.0. The molecular formula is C22H15F7N2O5S. The van der Waals surface area contributed by atoms with E-state index in [0.717, 1.165) is 49.6 Å². The molecule has 37 heavy (non-hydrogen) atoms. The van der Waals surface area contributed by atoms with Crippen LogP contribution in [0.15, 0.2) is 59.5 Å². The molecule has 0 saturated heterocycles. The van der Waals surface area contributed by atoms with Gasteiger partial charge in [-0.05, 0) is 42.5 Å². The summed E-state index contributed by atoms with van der Waals surface area (Å²) in [6.07, 6.45) is -10.7. The van der Waals surface area contributed by atoms with Crippen molar-refractivity contribution in [2.75, 3.05) is 12.4 Å². The maximum Gasteiger partial charge on any atom is 0.417 e. The Bertz CT molecular complexity index is 1450. The van der Waals surface area contributed by atoms with E-state index in [1.54, 1.807) is 0 Å². The summed E-state index contributed by atoms with van der Waals surface area (Å²) >= 11 is 0. The second-order valence-electron chi connectivity index (χ2n) is 7.32. The molecule has 0 aliphatic heterocycles. The lowest BCUT2D eigenvalue weighted by molar-refractivity contribution is -0.143. The van der Waals surface area contributed by atoms with E-state index in [1.165, 1.54) is 0 Å². The third-order valence-corrected chi connectivity index (χ3v) is 5.64. The molecule has 3 N–H and O–H groups in total. The minimum absolute atomic E-state index is 0.160. The number of methoxy groups -OCH3 is 1. The zero-order chi connectivity index (χ0) is 27.8. The van der Waals surface area contributed by atoms with Gasteiger partial charge in [0.25, 0.3) is 5.91 Å². The van der Waals surface area contributed by atoms with Gasteiger partial charge in [-0.2, -0.15) is 26.3 Å². The van der Waals surface area contributed by atoms with Crippen LogP contribution < -0.4 is 19.9 Å². The number of sulfonamides is 1. The number of primary sulfonamides is 1. The quantitative estimate of drug-likeness (QED) is 0.389. The second-order valence-corrected chi connectivity index (χ2v) is 8.88. The normalized spacial score (nSPS) is 12.2. The number of rotatable bonds is 6. The minimum atomic E-state index is -5.47. The van der Waals surface area contributed by atoms with Gasteiger partial charge in [0.15, 0.2) is 11.5 Å². The van der Waals surface area contributed by atoms with Crippen LogP contribution in [0.4, 0.5) is 36.4 Å². The van der Waals surface area contributed by atoms with Crippen molar-refractivity contribution in [2.45, 2.75) is 17.2 Å². The lowest BCUT2D eigenvalue weighted by Crippen LogP contribution is -2.22. The molecule has 0 fully saturated rings. The molecule has 0 saturated carbocycles. The number of halogens is 7. The third kappa shape index (κ3) is 6.48. The number of nitrogens with one attached hydrogen (secondary N) is 1. The number of benzene rings is 3. The predicted octanol–water partition coefficient (Wildman–Crippen LogP) is 5.56. The number of hydrogen-bond acceptors (Lipinski definition) is 5. The Morgan fingerprint density at radius 1 is 0.892 bits per heavy atom. The van der Waals surface area contributed by atoms with Gasteiger partial charge in [0.2, 0.25) is 10.0 Å². The maximum atomic E-state index is 13.9. The van der Waals surface area contributed by atoms with Gasteiger partial charge in [0.05, 0.1) is 28.7 Å². The van der Waals surface area contributed by atoms with Crippen LogP contribution in [0.25, 0.3) is 0 Å². The number of nitrogens with two attached hydrogens (primary N) is 1. The molecule has 0 bridgehead atoms. The number of ether oxygens (including phenoxy) is 2. The molecular weight excluding hydrogens is 537 g/mol. The van der Waals surface area contributed by atoms with Crippen molar-refractivity contribution >= 4 is 21.6 Å². The van der Waals surface area contributed by atoms with Crippen molar-refractivity contribution in [2.24, 2.45) is 5.14 Å². The van der Waals surface area contributed by atoms with Gasteiger partial charge < -0.3 is 14.8 Å². The van der Waals surface area contributed by atoms with Crippen LogP contribution in [0.2, 0.25) is 0 Å². The van der Waals surface area contributed by atoms with Gasteiger partial charge in [-0.25, -0.2) is 17.9 Å². The van der Waals surface area contributed by atoms with Gasteiger partial charge in [-0.3, -0.25) is 4.79 Å². The van der Waals surface area contributed by atoms with E-state index in [2.05, 4.69) is 0 Å². The highest BCUT2D eigenvalue weighted by molar-refractivity contribution is 7.89. The molecule has 15 heteroatoms.